The van der Waals surface area contributed by atoms with E-state index in [9.17, 15) is 108 Å². The van der Waals surface area contributed by atoms with Gasteiger partial charge in [-0.1, -0.05) is 0 Å². The highest BCUT2D eigenvalue weighted by Gasteiger charge is 2.37. The van der Waals surface area contributed by atoms with Gasteiger partial charge in [0.1, 0.15) is 48.3 Å². The first-order chi connectivity index (χ1) is 39.1. The van der Waals surface area contributed by atoms with Gasteiger partial charge in [-0.2, -0.15) is 0 Å². The Morgan fingerprint density at radius 3 is 0.857 bits per heavy atom. The molecule has 0 saturated carbocycles. The summed E-state index contributed by atoms with van der Waals surface area (Å²) in [5, 5.41) is 93.5. The van der Waals surface area contributed by atoms with Crippen molar-refractivity contribution in [1.29, 1.82) is 0 Å². The number of carbonyl (C=O) groups excluding carboxylic acids is 8. The van der Waals surface area contributed by atoms with E-state index >= 15 is 0 Å². The highest BCUT2D eigenvalue weighted by atomic mass is 16.4. The first kappa shape index (κ1) is 74.5. The SMILES string of the molecule is C[C@@H](O)[C@H](NC(=O)[C@H](CCC(=O)O)NC(=O)[C@H](CCC(=O)O)NC(=O)[C@H](CCC(=O)O)NC(=O)[C@H](CCCN=C(N)N)NC(=O)[C@@H](N)CCCN=C(N)N)C(=O)N[C@@H](CCC(=O)O)C(=O)N[C@@H](CCC(=O)O)C(=O)N[C@@H](CCC(=O)O)C(=O)O. The normalized spacial score (nSPS) is 14.3. The van der Waals surface area contributed by atoms with Gasteiger partial charge in [-0.3, -0.25) is 77.1 Å². The fourth-order valence-corrected chi connectivity index (χ4v) is 7.19. The van der Waals surface area contributed by atoms with Crippen molar-refractivity contribution in [3.8, 4) is 0 Å². The summed E-state index contributed by atoms with van der Waals surface area (Å²) in [6.45, 7) is 0.938. The molecule has 84 heavy (non-hydrogen) atoms. The van der Waals surface area contributed by atoms with Gasteiger partial charge in [0.2, 0.25) is 47.3 Å². The molecule has 0 bridgehead atoms. The van der Waals surface area contributed by atoms with Crippen LogP contribution in [-0.4, -0.2) is 215 Å². The predicted molar refractivity (Wildman–Crippen MR) is 284 cm³/mol. The van der Waals surface area contributed by atoms with Gasteiger partial charge in [0.25, 0.3) is 0 Å². The number of aliphatic carboxylic acids is 7. The summed E-state index contributed by atoms with van der Waals surface area (Å²) in [5.74, 6) is -21.8. The van der Waals surface area contributed by atoms with Crippen molar-refractivity contribution >= 4 is 101 Å². The van der Waals surface area contributed by atoms with Crippen molar-refractivity contribution in [2.75, 3.05) is 13.1 Å². The maximum absolute atomic E-state index is 14.0. The minimum absolute atomic E-state index is 0.0214. The molecule has 0 aromatic carbocycles. The molecular weight excluding hydrogens is 1130 g/mol. The second-order valence-corrected chi connectivity index (χ2v) is 18.6. The molecule has 0 aromatic rings. The molecule has 0 unspecified atom stereocenters. The van der Waals surface area contributed by atoms with Crippen LogP contribution in [0, 0.1) is 0 Å². The van der Waals surface area contributed by atoms with E-state index in [2.05, 4.69) is 36.6 Å². The van der Waals surface area contributed by atoms with Gasteiger partial charge in [0, 0.05) is 51.6 Å². The van der Waals surface area contributed by atoms with Crippen LogP contribution in [0.3, 0.4) is 0 Å². The molecule has 0 spiro atoms. The number of nitrogens with one attached hydrogen (secondary N) is 8. The van der Waals surface area contributed by atoms with E-state index in [4.69, 9.17) is 33.8 Å². The number of carbonyl (C=O) groups is 15. The number of rotatable bonds is 44. The molecule has 0 saturated heterocycles. The fourth-order valence-electron chi connectivity index (χ4n) is 7.19. The summed E-state index contributed by atoms with van der Waals surface area (Å²) < 4.78 is 0. The fraction of sp³-hybridized carbons (Fsp3) is 0.630. The largest absolute Gasteiger partial charge is 0.481 e. The maximum atomic E-state index is 14.0. The minimum atomic E-state index is -2.19. The molecule has 0 heterocycles. The van der Waals surface area contributed by atoms with Crippen molar-refractivity contribution in [3.63, 3.8) is 0 Å². The topological polar surface area (TPSA) is 669 Å². The third-order valence-electron chi connectivity index (χ3n) is 11.6. The first-order valence-electron chi connectivity index (χ1n) is 25.7. The quantitative estimate of drug-likeness (QED) is 0.0153. The van der Waals surface area contributed by atoms with Crippen LogP contribution in [0.15, 0.2) is 9.98 Å². The Labute approximate surface area is 477 Å². The van der Waals surface area contributed by atoms with E-state index in [1.807, 2.05) is 16.0 Å². The van der Waals surface area contributed by atoms with Gasteiger partial charge >= 0.3 is 41.8 Å². The number of amides is 8. The third-order valence-corrected chi connectivity index (χ3v) is 11.6. The van der Waals surface area contributed by atoms with Crippen molar-refractivity contribution in [1.82, 2.24) is 42.5 Å². The lowest BCUT2D eigenvalue weighted by atomic mass is 10.0. The Morgan fingerprint density at radius 1 is 0.345 bits per heavy atom. The third kappa shape index (κ3) is 32.7. The van der Waals surface area contributed by atoms with Gasteiger partial charge in [-0.05, 0) is 71.1 Å². The van der Waals surface area contributed by atoms with Crippen molar-refractivity contribution in [2.45, 2.75) is 170 Å². The molecular formula is C46H75N15O23. The van der Waals surface area contributed by atoms with Gasteiger partial charge in [0.15, 0.2) is 11.9 Å². The van der Waals surface area contributed by atoms with Gasteiger partial charge in [0.05, 0.1) is 12.1 Å². The summed E-state index contributed by atoms with van der Waals surface area (Å²) in [6.07, 6.45) is -11.6. The van der Waals surface area contributed by atoms with Gasteiger partial charge in [-0.15, -0.1) is 0 Å². The van der Waals surface area contributed by atoms with Crippen LogP contribution >= 0.6 is 0 Å². The van der Waals surface area contributed by atoms with Crippen LogP contribution in [0.2, 0.25) is 0 Å². The Kier molecular flexibility index (Phi) is 34.6. The number of aliphatic imine (C=N–C) groups is 2. The summed E-state index contributed by atoms with van der Waals surface area (Å²) in [4.78, 5) is 198. The summed E-state index contributed by atoms with van der Waals surface area (Å²) in [7, 11) is 0. The van der Waals surface area contributed by atoms with Crippen LogP contribution in [0.5, 0.6) is 0 Å². The average molecular weight is 1210 g/mol. The molecule has 0 radical (unpaired) electrons. The van der Waals surface area contributed by atoms with Crippen molar-refractivity contribution in [2.24, 2.45) is 38.7 Å². The molecule has 472 valence electrons. The van der Waals surface area contributed by atoms with Crippen molar-refractivity contribution in [3.05, 3.63) is 0 Å². The lowest BCUT2D eigenvalue weighted by Crippen LogP contribution is -2.62. The molecule has 26 N–H and O–H groups in total. The molecule has 38 nitrogen and oxygen atoms in total. The minimum Gasteiger partial charge on any atom is -0.481 e. The Morgan fingerprint density at radius 2 is 0.583 bits per heavy atom. The van der Waals surface area contributed by atoms with Crippen LogP contribution in [0.25, 0.3) is 0 Å². The van der Waals surface area contributed by atoms with E-state index in [0.29, 0.717) is 0 Å². The number of guanidine groups is 2. The lowest BCUT2D eigenvalue weighted by Gasteiger charge is -2.28. The van der Waals surface area contributed by atoms with E-state index in [1.54, 1.807) is 0 Å². The second kappa shape index (κ2) is 39.0. The molecule has 38 heteroatoms. The average Bonchev–Trinajstić information content (AvgIpc) is 3.59. The number of hydrogen-bond donors (Lipinski definition) is 21. The zero-order valence-electron chi connectivity index (χ0n) is 45.5. The number of aliphatic hydroxyl groups excluding tert-OH is 1. The summed E-state index contributed by atoms with van der Waals surface area (Å²) in [5.41, 5.74) is 27.4. The molecule has 0 fully saturated rings. The zero-order chi connectivity index (χ0) is 64.4. The summed E-state index contributed by atoms with van der Waals surface area (Å²) in [6, 6.07) is -16.7. The summed E-state index contributed by atoms with van der Waals surface area (Å²) >= 11 is 0. The Bertz CT molecular complexity index is 2420. The standard InChI is InChI=1S/C46H75N15O23/c1-20(62)35(43(82)59-26(9-15-32(69)70)40(79)57-25(8-14-31(67)68)41(80)60-28(44(83)84)11-17-34(73)74)61-42(81)27(10-16-33(71)72)58-39(78)24(7-13-30(65)66)56-38(77)23(6-12-29(63)64)55-37(76)22(5-3-19-53-46(50)51)54-36(75)21(47)4-2-18-52-45(48)49/h20-28,35,62H,2-19,47H2,1H3,(H,54,75)(H,55,76)(H,56,77)(H,57,79)(H,58,78)(H,59,82)(H,60,80)(H,61,81)(H,63,64)(H,65,66)(H,67,68)(H,69,70)(H,71,72)(H,73,74)(H,83,84)(H4,48,49,52)(H4,50,51,53)/t20-,21+,22+,23+,24+,25+,26+,27+,28+,35+/m1/s1. The number of nitrogens with two attached hydrogens (primary N) is 5. The number of nitrogens with zero attached hydrogens (tertiary/aromatic N) is 2. The first-order valence-corrected chi connectivity index (χ1v) is 25.7. The predicted octanol–water partition coefficient (Wildman–Crippen LogP) is -8.05. The number of carboxylic acid groups (broad SMARTS) is 7. The van der Waals surface area contributed by atoms with Crippen LogP contribution in [0.4, 0.5) is 0 Å². The van der Waals surface area contributed by atoms with Crippen LogP contribution < -0.4 is 71.2 Å². The molecule has 8 amide bonds. The molecule has 0 aliphatic rings. The highest BCUT2D eigenvalue weighted by molar-refractivity contribution is 5.99. The zero-order valence-corrected chi connectivity index (χ0v) is 45.5. The van der Waals surface area contributed by atoms with E-state index in [0.717, 1.165) is 6.92 Å². The van der Waals surface area contributed by atoms with Gasteiger partial charge < -0.3 is 112 Å². The number of carboxylic acids is 7. The molecule has 0 aliphatic carbocycles. The molecule has 10 atom stereocenters. The van der Waals surface area contributed by atoms with E-state index in [-0.39, 0.29) is 50.7 Å². The van der Waals surface area contributed by atoms with Crippen molar-refractivity contribution < 1.29 is 113 Å². The van der Waals surface area contributed by atoms with E-state index in [1.165, 1.54) is 0 Å². The Balaban J connectivity index is 6.98. The van der Waals surface area contributed by atoms with Crippen LogP contribution in [0.1, 0.15) is 110 Å². The Hall–Kier alpha value is -9.49. The molecule has 0 aliphatic heterocycles. The van der Waals surface area contributed by atoms with E-state index < -0.39 is 227 Å². The molecule has 0 rings (SSSR count). The number of aliphatic hydroxyl groups is 1. The van der Waals surface area contributed by atoms with Gasteiger partial charge in [-0.25, -0.2) is 4.79 Å². The monoisotopic (exact) mass is 1210 g/mol. The lowest BCUT2D eigenvalue weighted by molar-refractivity contribution is -0.144. The smallest absolute Gasteiger partial charge is 0.326 e. The van der Waals surface area contributed by atoms with Crippen LogP contribution in [-0.2, 0) is 71.9 Å². The molecule has 0 aromatic heterocycles. The second-order valence-electron chi connectivity index (χ2n) is 18.6. The number of hydrogen-bond acceptors (Lipinski definition) is 19. The highest BCUT2D eigenvalue weighted by Crippen LogP contribution is 2.11. The maximum Gasteiger partial charge on any atom is 0.326 e.